The van der Waals surface area contributed by atoms with Crippen molar-refractivity contribution in [2.75, 3.05) is 6.54 Å². The van der Waals surface area contributed by atoms with E-state index in [0.29, 0.717) is 13.0 Å². The molecule has 0 bridgehead atoms. The summed E-state index contributed by atoms with van der Waals surface area (Å²) in [7, 11) is 0. The maximum absolute atomic E-state index is 11.5. The number of alkyl carbamates (subject to hydrolysis) is 1. The number of ether oxygens (including phenoxy) is 1. The Morgan fingerprint density at radius 2 is 1.84 bits per heavy atom. The zero-order valence-corrected chi connectivity index (χ0v) is 12.8. The van der Waals surface area contributed by atoms with Crippen LogP contribution in [0.15, 0.2) is 0 Å². The van der Waals surface area contributed by atoms with Crippen molar-refractivity contribution in [3.63, 3.8) is 0 Å². The molecule has 2 unspecified atom stereocenters. The third-order valence-corrected chi connectivity index (χ3v) is 3.13. The van der Waals surface area contributed by atoms with Gasteiger partial charge in [-0.25, -0.2) is 4.79 Å². The molecule has 112 valence electrons. The van der Waals surface area contributed by atoms with Crippen molar-refractivity contribution in [2.24, 2.45) is 11.8 Å². The van der Waals surface area contributed by atoms with Crippen LogP contribution in [0.25, 0.3) is 0 Å². The SMILES string of the molecule is CC(C)(C)OC(=O)NCC1CCCCC1C(=O)O.[Fe]. The second-order valence-corrected chi connectivity index (χ2v) is 5.87. The number of amides is 1. The Balaban J connectivity index is 0.00000324. The van der Waals surface area contributed by atoms with Gasteiger partial charge in [-0.1, -0.05) is 12.8 Å². The minimum Gasteiger partial charge on any atom is -0.481 e. The monoisotopic (exact) mass is 313 g/mol. The molecule has 0 aromatic carbocycles. The summed E-state index contributed by atoms with van der Waals surface area (Å²) in [5.41, 5.74) is -0.525. The molecule has 1 aliphatic rings. The van der Waals surface area contributed by atoms with Gasteiger partial charge in [0.25, 0.3) is 0 Å². The minimum atomic E-state index is -0.759. The summed E-state index contributed by atoms with van der Waals surface area (Å²) in [5, 5.41) is 11.8. The van der Waals surface area contributed by atoms with Gasteiger partial charge in [-0.15, -0.1) is 0 Å². The second-order valence-electron chi connectivity index (χ2n) is 5.87. The predicted molar refractivity (Wildman–Crippen MR) is 67.3 cm³/mol. The summed E-state index contributed by atoms with van der Waals surface area (Å²) < 4.78 is 5.13. The van der Waals surface area contributed by atoms with Crippen molar-refractivity contribution in [3.8, 4) is 0 Å². The number of nitrogens with one attached hydrogen (secondary N) is 1. The van der Waals surface area contributed by atoms with Gasteiger partial charge in [0.1, 0.15) is 5.60 Å². The van der Waals surface area contributed by atoms with Gasteiger partial charge in [0.15, 0.2) is 0 Å². The average molecular weight is 313 g/mol. The molecule has 5 nitrogen and oxygen atoms in total. The molecule has 2 atom stereocenters. The molecule has 1 amide bonds. The Morgan fingerprint density at radius 1 is 1.26 bits per heavy atom. The van der Waals surface area contributed by atoms with Crippen molar-refractivity contribution in [1.29, 1.82) is 0 Å². The normalized spacial score (nSPS) is 23.1. The van der Waals surface area contributed by atoms with Gasteiger partial charge in [-0.2, -0.15) is 0 Å². The molecule has 2 N–H and O–H groups in total. The number of rotatable bonds is 3. The Morgan fingerprint density at radius 3 is 2.37 bits per heavy atom. The van der Waals surface area contributed by atoms with Gasteiger partial charge in [0, 0.05) is 23.6 Å². The number of carboxylic acid groups (broad SMARTS) is 1. The van der Waals surface area contributed by atoms with E-state index >= 15 is 0 Å². The number of hydrogen-bond donors (Lipinski definition) is 2. The molecule has 1 saturated carbocycles. The zero-order chi connectivity index (χ0) is 13.8. The van der Waals surface area contributed by atoms with Crippen LogP contribution in [0.3, 0.4) is 0 Å². The van der Waals surface area contributed by atoms with Crippen molar-refractivity contribution < 1.29 is 36.5 Å². The van der Waals surface area contributed by atoms with E-state index in [4.69, 9.17) is 9.84 Å². The minimum absolute atomic E-state index is 0. The molecule has 1 fully saturated rings. The first-order valence-electron chi connectivity index (χ1n) is 6.49. The van der Waals surface area contributed by atoms with E-state index in [0.717, 1.165) is 19.3 Å². The van der Waals surface area contributed by atoms with E-state index in [2.05, 4.69) is 5.32 Å². The van der Waals surface area contributed by atoms with Crippen molar-refractivity contribution in [3.05, 3.63) is 0 Å². The topological polar surface area (TPSA) is 75.6 Å². The van der Waals surface area contributed by atoms with Crippen LogP contribution in [0.2, 0.25) is 0 Å². The third kappa shape index (κ3) is 6.83. The van der Waals surface area contributed by atoms with Gasteiger partial charge in [-0.05, 0) is 39.5 Å². The van der Waals surface area contributed by atoms with Crippen LogP contribution in [-0.2, 0) is 26.6 Å². The van der Waals surface area contributed by atoms with E-state index < -0.39 is 17.7 Å². The maximum Gasteiger partial charge on any atom is 0.407 e. The summed E-state index contributed by atoms with van der Waals surface area (Å²) in [5.74, 6) is -1.08. The van der Waals surface area contributed by atoms with E-state index in [1.54, 1.807) is 20.8 Å². The van der Waals surface area contributed by atoms with Crippen molar-refractivity contribution >= 4 is 12.1 Å². The van der Waals surface area contributed by atoms with Crippen LogP contribution in [0, 0.1) is 11.8 Å². The first-order valence-corrected chi connectivity index (χ1v) is 6.49. The molecule has 0 heterocycles. The summed E-state index contributed by atoms with van der Waals surface area (Å²) in [6.07, 6.45) is 3.07. The van der Waals surface area contributed by atoms with E-state index in [9.17, 15) is 9.59 Å². The molecule has 0 radical (unpaired) electrons. The van der Waals surface area contributed by atoms with Gasteiger partial charge in [0.05, 0.1) is 5.92 Å². The fourth-order valence-electron chi connectivity index (χ4n) is 2.31. The molecule has 6 heteroatoms. The molecular formula is C13H23FeNO4. The number of carboxylic acids is 1. The first-order chi connectivity index (χ1) is 8.29. The number of hydrogen-bond acceptors (Lipinski definition) is 3. The van der Waals surface area contributed by atoms with Crippen molar-refractivity contribution in [2.45, 2.75) is 52.1 Å². The van der Waals surface area contributed by atoms with Crippen LogP contribution in [0.5, 0.6) is 0 Å². The molecule has 0 aromatic heterocycles. The third-order valence-electron chi connectivity index (χ3n) is 3.13. The quantitative estimate of drug-likeness (QED) is 0.785. The maximum atomic E-state index is 11.5. The molecule has 1 aliphatic carbocycles. The largest absolute Gasteiger partial charge is 0.481 e. The molecule has 0 saturated heterocycles. The van der Waals surface area contributed by atoms with E-state index in [1.165, 1.54) is 0 Å². The Labute approximate surface area is 124 Å². The first kappa shape index (κ1) is 18.3. The zero-order valence-electron chi connectivity index (χ0n) is 11.7. The van der Waals surface area contributed by atoms with E-state index in [-0.39, 0.29) is 28.9 Å². The predicted octanol–water partition coefficient (Wildman–Crippen LogP) is 2.40. The van der Waals surface area contributed by atoms with Gasteiger partial charge in [-0.3, -0.25) is 4.79 Å². The number of carbonyl (C=O) groups is 2. The molecule has 0 aromatic rings. The molecule has 19 heavy (non-hydrogen) atoms. The van der Waals surface area contributed by atoms with Crippen LogP contribution in [0.1, 0.15) is 46.5 Å². The second kappa shape index (κ2) is 7.75. The molecule has 0 aliphatic heterocycles. The summed E-state index contributed by atoms with van der Waals surface area (Å²) in [6.45, 7) is 5.78. The van der Waals surface area contributed by atoms with Gasteiger partial charge in [0.2, 0.25) is 0 Å². The Kier molecular flexibility index (Phi) is 7.45. The summed E-state index contributed by atoms with van der Waals surface area (Å²) >= 11 is 0. The Bertz CT molecular complexity index is 314. The van der Waals surface area contributed by atoms with Crippen molar-refractivity contribution in [1.82, 2.24) is 5.32 Å². The fraction of sp³-hybridized carbons (Fsp3) is 0.846. The van der Waals surface area contributed by atoms with Crippen LogP contribution in [0.4, 0.5) is 4.79 Å². The van der Waals surface area contributed by atoms with Crippen LogP contribution >= 0.6 is 0 Å². The number of aliphatic carboxylic acids is 1. The molecular weight excluding hydrogens is 290 g/mol. The van der Waals surface area contributed by atoms with Crippen LogP contribution < -0.4 is 5.32 Å². The van der Waals surface area contributed by atoms with E-state index in [1.807, 2.05) is 0 Å². The van der Waals surface area contributed by atoms with Crippen LogP contribution in [-0.4, -0.2) is 29.3 Å². The van der Waals surface area contributed by atoms with Gasteiger partial charge < -0.3 is 15.2 Å². The smallest absolute Gasteiger partial charge is 0.407 e. The van der Waals surface area contributed by atoms with Gasteiger partial charge >= 0.3 is 12.1 Å². The average Bonchev–Trinajstić information content (AvgIpc) is 2.24. The summed E-state index contributed by atoms with van der Waals surface area (Å²) in [6, 6.07) is 0. The summed E-state index contributed by atoms with van der Waals surface area (Å²) in [4.78, 5) is 22.6. The number of carbonyl (C=O) groups excluding carboxylic acids is 1. The Hall–Kier alpha value is -0.741. The molecule has 1 rings (SSSR count). The fourth-order valence-corrected chi connectivity index (χ4v) is 2.31. The standard InChI is InChI=1S/C13H23NO4.Fe/c1-13(2,3)18-12(17)14-8-9-6-4-5-7-10(9)11(15)16;/h9-10H,4-8H2,1-3H3,(H,14,17)(H,15,16);. The molecule has 0 spiro atoms.